The van der Waals surface area contributed by atoms with E-state index in [1.54, 1.807) is 12.1 Å². The third kappa shape index (κ3) is 3.69. The van der Waals surface area contributed by atoms with Crippen molar-refractivity contribution in [3.8, 4) is 0 Å². The number of non-ortho nitro benzene ring substituents is 1. The predicted molar refractivity (Wildman–Crippen MR) is 97.9 cm³/mol. The molecule has 1 amide bonds. The van der Waals surface area contributed by atoms with E-state index < -0.39 is 22.2 Å². The summed E-state index contributed by atoms with van der Waals surface area (Å²) in [6, 6.07) is 16.3. The van der Waals surface area contributed by atoms with Crippen molar-refractivity contribution in [2.45, 2.75) is 44.2 Å². The Hall–Kier alpha value is -2.89. The van der Waals surface area contributed by atoms with Crippen molar-refractivity contribution in [3.63, 3.8) is 0 Å². The third-order valence-electron chi connectivity index (χ3n) is 4.48. The first-order chi connectivity index (χ1) is 12.2. The maximum atomic E-state index is 12.4. The number of carbonyl (C=O) groups is 1. The van der Waals surface area contributed by atoms with Crippen molar-refractivity contribution in [1.82, 2.24) is 5.32 Å². The molecule has 1 saturated carbocycles. The lowest BCUT2D eigenvalue weighted by molar-refractivity contribution is -0.384. The Labute approximate surface area is 152 Å². The van der Waals surface area contributed by atoms with Crippen LogP contribution in [-0.2, 0) is 10.3 Å². The molecule has 0 radical (unpaired) electrons. The van der Waals surface area contributed by atoms with Crippen LogP contribution in [0, 0.1) is 10.1 Å². The predicted octanol–water partition coefficient (Wildman–Crippen LogP) is 4.50. The number of nitro groups is 1. The van der Waals surface area contributed by atoms with Crippen LogP contribution >= 0.6 is 0 Å². The van der Waals surface area contributed by atoms with Crippen LogP contribution in [0.1, 0.15) is 44.2 Å². The first kappa shape index (κ1) is 17.9. The van der Waals surface area contributed by atoms with Gasteiger partial charge in [0.2, 0.25) is 0 Å². The lowest BCUT2D eigenvalue weighted by Gasteiger charge is -2.25. The van der Waals surface area contributed by atoms with Crippen LogP contribution in [0.25, 0.3) is 0 Å². The van der Waals surface area contributed by atoms with Gasteiger partial charge < -0.3 is 10.1 Å². The van der Waals surface area contributed by atoms with Crippen LogP contribution in [0.5, 0.6) is 0 Å². The lowest BCUT2D eigenvalue weighted by atomic mass is 9.98. The Morgan fingerprint density at radius 3 is 2.31 bits per heavy atom. The summed E-state index contributed by atoms with van der Waals surface area (Å²) in [6.07, 6.45) is 0.225. The molecular formula is C20H22N2O4. The van der Waals surface area contributed by atoms with Gasteiger partial charge in [-0.2, -0.15) is 0 Å². The Bertz CT molecular complexity index is 812. The summed E-state index contributed by atoms with van der Waals surface area (Å²) in [5.74, 6) is 0.0951. The SMILES string of the molecule is CC(C)(C)OC(=O)N[C@]1(c2ccc([N+](=O)[O-])cc2)C[C@H]1c1ccccc1. The van der Waals surface area contributed by atoms with Crippen molar-refractivity contribution in [1.29, 1.82) is 0 Å². The van der Waals surface area contributed by atoms with Crippen molar-refractivity contribution < 1.29 is 14.5 Å². The summed E-state index contributed by atoms with van der Waals surface area (Å²) in [6.45, 7) is 5.44. The van der Waals surface area contributed by atoms with E-state index in [1.807, 2.05) is 51.1 Å². The minimum absolute atomic E-state index is 0.0260. The van der Waals surface area contributed by atoms with E-state index in [-0.39, 0.29) is 11.6 Å². The number of rotatable bonds is 4. The van der Waals surface area contributed by atoms with Gasteiger partial charge >= 0.3 is 6.09 Å². The molecule has 1 fully saturated rings. The monoisotopic (exact) mass is 354 g/mol. The molecule has 6 nitrogen and oxygen atoms in total. The summed E-state index contributed by atoms with van der Waals surface area (Å²) in [5, 5.41) is 13.9. The molecule has 26 heavy (non-hydrogen) atoms. The molecule has 0 spiro atoms. The van der Waals surface area contributed by atoms with Crippen LogP contribution < -0.4 is 5.32 Å². The quantitative estimate of drug-likeness (QED) is 0.647. The zero-order valence-corrected chi connectivity index (χ0v) is 15.1. The van der Waals surface area contributed by atoms with Crippen molar-refractivity contribution in [2.75, 3.05) is 0 Å². The van der Waals surface area contributed by atoms with Gasteiger partial charge in [0.15, 0.2) is 0 Å². The molecular weight excluding hydrogens is 332 g/mol. The largest absolute Gasteiger partial charge is 0.444 e. The van der Waals surface area contributed by atoms with Gasteiger partial charge in [-0.05, 0) is 50.5 Å². The molecule has 3 rings (SSSR count). The topological polar surface area (TPSA) is 81.5 Å². The van der Waals surface area contributed by atoms with E-state index in [2.05, 4.69) is 5.32 Å². The molecule has 0 aliphatic heterocycles. The summed E-state index contributed by atoms with van der Waals surface area (Å²) >= 11 is 0. The summed E-state index contributed by atoms with van der Waals surface area (Å²) in [7, 11) is 0. The highest BCUT2D eigenvalue weighted by atomic mass is 16.6. The zero-order chi connectivity index (χ0) is 18.9. The summed E-state index contributed by atoms with van der Waals surface area (Å²) in [5.41, 5.74) is 0.763. The van der Waals surface area contributed by atoms with Gasteiger partial charge in [0.25, 0.3) is 5.69 Å². The molecule has 136 valence electrons. The van der Waals surface area contributed by atoms with Crippen LogP contribution in [0.2, 0.25) is 0 Å². The van der Waals surface area contributed by atoms with Crippen LogP contribution in [0.4, 0.5) is 10.5 Å². The Morgan fingerprint density at radius 1 is 1.15 bits per heavy atom. The van der Waals surface area contributed by atoms with Crippen LogP contribution in [-0.4, -0.2) is 16.6 Å². The molecule has 6 heteroatoms. The number of nitro benzene ring substituents is 1. The highest BCUT2D eigenvalue weighted by Gasteiger charge is 2.57. The standard InChI is InChI=1S/C20H22N2O4/c1-19(2,3)26-18(23)21-20(13-17(20)14-7-5-4-6-8-14)15-9-11-16(12-10-15)22(24)25/h4-12,17H,13H2,1-3H3,(H,21,23)/t17-,20-/m0/s1. The zero-order valence-electron chi connectivity index (χ0n) is 15.1. The normalized spacial score (nSPS) is 21.7. The lowest BCUT2D eigenvalue weighted by Crippen LogP contribution is -2.40. The summed E-state index contributed by atoms with van der Waals surface area (Å²) < 4.78 is 5.42. The Kier molecular flexibility index (Phi) is 4.44. The van der Waals surface area contributed by atoms with Gasteiger partial charge in [-0.3, -0.25) is 10.1 Å². The molecule has 2 atom stereocenters. The molecule has 0 bridgehead atoms. The Morgan fingerprint density at radius 2 is 1.77 bits per heavy atom. The number of hydrogen-bond acceptors (Lipinski definition) is 4. The second-order valence-electron chi connectivity index (χ2n) is 7.57. The van der Waals surface area contributed by atoms with Gasteiger partial charge in [0.1, 0.15) is 5.60 Å². The van der Waals surface area contributed by atoms with E-state index >= 15 is 0 Å². The fourth-order valence-corrected chi connectivity index (χ4v) is 3.25. The van der Waals surface area contributed by atoms with E-state index in [1.165, 1.54) is 12.1 Å². The molecule has 1 aliphatic carbocycles. The molecule has 1 N–H and O–H groups in total. The number of nitrogens with zero attached hydrogens (tertiary/aromatic N) is 1. The number of ether oxygens (including phenoxy) is 1. The number of alkyl carbamates (subject to hydrolysis) is 1. The average Bonchev–Trinajstić information content (AvgIpc) is 3.29. The minimum Gasteiger partial charge on any atom is -0.444 e. The molecule has 2 aromatic carbocycles. The first-order valence-corrected chi connectivity index (χ1v) is 8.52. The number of amides is 1. The smallest absolute Gasteiger partial charge is 0.408 e. The molecule has 0 heterocycles. The first-order valence-electron chi connectivity index (χ1n) is 8.52. The number of carbonyl (C=O) groups excluding carboxylic acids is 1. The van der Waals surface area contributed by atoms with Gasteiger partial charge in [-0.15, -0.1) is 0 Å². The molecule has 0 unspecified atom stereocenters. The highest BCUT2D eigenvalue weighted by Crippen LogP contribution is 2.58. The maximum Gasteiger partial charge on any atom is 0.408 e. The average molecular weight is 354 g/mol. The highest BCUT2D eigenvalue weighted by molar-refractivity contribution is 5.71. The van der Waals surface area contributed by atoms with Crippen molar-refractivity contribution in [2.24, 2.45) is 0 Å². The van der Waals surface area contributed by atoms with Gasteiger partial charge in [-0.1, -0.05) is 30.3 Å². The van der Waals surface area contributed by atoms with Crippen LogP contribution in [0.3, 0.4) is 0 Å². The van der Waals surface area contributed by atoms with Crippen molar-refractivity contribution >= 4 is 11.8 Å². The third-order valence-corrected chi connectivity index (χ3v) is 4.48. The van der Waals surface area contributed by atoms with E-state index in [0.717, 1.165) is 11.1 Å². The van der Waals surface area contributed by atoms with Gasteiger partial charge in [0.05, 0.1) is 10.5 Å². The maximum absolute atomic E-state index is 12.4. The van der Waals surface area contributed by atoms with Crippen molar-refractivity contribution in [3.05, 3.63) is 75.8 Å². The second-order valence-corrected chi connectivity index (χ2v) is 7.57. The summed E-state index contributed by atoms with van der Waals surface area (Å²) in [4.78, 5) is 22.9. The van der Waals surface area contributed by atoms with E-state index in [9.17, 15) is 14.9 Å². The second kappa shape index (κ2) is 6.44. The molecule has 0 aromatic heterocycles. The van der Waals surface area contributed by atoms with E-state index in [0.29, 0.717) is 6.42 Å². The molecule has 1 aliphatic rings. The van der Waals surface area contributed by atoms with Gasteiger partial charge in [-0.25, -0.2) is 4.79 Å². The number of nitrogens with one attached hydrogen (secondary N) is 1. The molecule has 0 saturated heterocycles. The molecule has 2 aromatic rings. The number of benzene rings is 2. The number of hydrogen-bond donors (Lipinski definition) is 1. The van der Waals surface area contributed by atoms with E-state index in [4.69, 9.17) is 4.74 Å². The minimum atomic E-state index is -0.612. The fraction of sp³-hybridized carbons (Fsp3) is 0.350. The van der Waals surface area contributed by atoms with Gasteiger partial charge in [0, 0.05) is 18.1 Å². The Balaban J connectivity index is 1.90. The van der Waals surface area contributed by atoms with Crippen LogP contribution in [0.15, 0.2) is 54.6 Å². The fourth-order valence-electron chi connectivity index (χ4n) is 3.25.